The van der Waals surface area contributed by atoms with E-state index in [-0.39, 0.29) is 0 Å². The number of rotatable bonds is 6. The van der Waals surface area contributed by atoms with Gasteiger partial charge < -0.3 is 14.0 Å². The molecule has 29 heavy (non-hydrogen) atoms. The van der Waals surface area contributed by atoms with Crippen molar-refractivity contribution in [3.8, 4) is 17.0 Å². The van der Waals surface area contributed by atoms with Crippen molar-refractivity contribution in [1.82, 2.24) is 9.47 Å². The molecule has 0 spiro atoms. The monoisotopic (exact) mass is 409 g/mol. The van der Waals surface area contributed by atoms with Crippen LogP contribution in [0.4, 0.5) is 5.69 Å². The average Bonchev–Trinajstić information content (AvgIpc) is 3.17. The highest BCUT2D eigenvalue weighted by atomic mass is 32.1. The minimum absolute atomic E-state index is 0.820. The van der Waals surface area contributed by atoms with Crippen molar-refractivity contribution < 1.29 is 9.47 Å². The summed E-state index contributed by atoms with van der Waals surface area (Å²) in [5.74, 6) is 0.869. The lowest BCUT2D eigenvalue weighted by atomic mass is 10.1. The first-order valence-electron chi connectivity index (χ1n) is 9.97. The van der Waals surface area contributed by atoms with Crippen LogP contribution in [0.2, 0.25) is 0 Å². The molecule has 2 heterocycles. The summed E-state index contributed by atoms with van der Waals surface area (Å²) >= 11 is 1.69. The van der Waals surface area contributed by atoms with Gasteiger partial charge in [-0.1, -0.05) is 17.7 Å². The van der Waals surface area contributed by atoms with Gasteiger partial charge in [-0.05, 0) is 48.9 Å². The first kappa shape index (κ1) is 19.9. The molecule has 1 aliphatic rings. The summed E-state index contributed by atoms with van der Waals surface area (Å²) in [5, 5.41) is 2.20. The number of hydrogen-bond acceptors (Lipinski definition) is 5. The summed E-state index contributed by atoms with van der Waals surface area (Å²) in [6.45, 7) is 7.61. The van der Waals surface area contributed by atoms with E-state index in [1.807, 2.05) is 12.1 Å². The lowest BCUT2D eigenvalue weighted by Crippen LogP contribution is -2.39. The van der Waals surface area contributed by atoms with E-state index in [0.29, 0.717) is 0 Å². The third-order valence-corrected chi connectivity index (χ3v) is 6.05. The Kier molecular flexibility index (Phi) is 6.44. The minimum Gasteiger partial charge on any atom is -0.497 e. The molecule has 0 unspecified atom stereocenters. The Balaban J connectivity index is 1.67. The highest BCUT2D eigenvalue weighted by molar-refractivity contribution is 7.07. The van der Waals surface area contributed by atoms with Gasteiger partial charge in [-0.3, -0.25) is 4.90 Å². The van der Waals surface area contributed by atoms with Crippen LogP contribution in [0.1, 0.15) is 5.56 Å². The van der Waals surface area contributed by atoms with Gasteiger partial charge in [0.2, 0.25) is 0 Å². The predicted molar refractivity (Wildman–Crippen MR) is 118 cm³/mol. The van der Waals surface area contributed by atoms with Crippen molar-refractivity contribution in [2.24, 2.45) is 4.99 Å². The van der Waals surface area contributed by atoms with E-state index < -0.39 is 0 Å². The molecule has 152 valence electrons. The van der Waals surface area contributed by atoms with Gasteiger partial charge >= 0.3 is 0 Å². The Morgan fingerprint density at radius 2 is 1.72 bits per heavy atom. The van der Waals surface area contributed by atoms with Gasteiger partial charge in [0, 0.05) is 31.6 Å². The number of benzene rings is 2. The van der Waals surface area contributed by atoms with E-state index in [1.165, 1.54) is 16.8 Å². The molecule has 3 aromatic rings. The molecule has 0 atom stereocenters. The highest BCUT2D eigenvalue weighted by Gasteiger charge is 2.13. The summed E-state index contributed by atoms with van der Waals surface area (Å²) in [6.07, 6.45) is 0. The van der Waals surface area contributed by atoms with Crippen LogP contribution in [0.15, 0.2) is 58.9 Å². The van der Waals surface area contributed by atoms with Gasteiger partial charge in [-0.25, -0.2) is 4.99 Å². The van der Waals surface area contributed by atoms with Crippen LogP contribution in [0.5, 0.6) is 5.75 Å². The number of aromatic nitrogens is 1. The highest BCUT2D eigenvalue weighted by Crippen LogP contribution is 2.24. The van der Waals surface area contributed by atoms with Crippen molar-refractivity contribution in [3.63, 3.8) is 0 Å². The smallest absolute Gasteiger partial charge is 0.190 e. The van der Waals surface area contributed by atoms with Crippen LogP contribution < -0.4 is 9.54 Å². The molecule has 1 fully saturated rings. The average molecular weight is 410 g/mol. The van der Waals surface area contributed by atoms with Gasteiger partial charge in [0.25, 0.3) is 0 Å². The summed E-state index contributed by atoms with van der Waals surface area (Å²) < 4.78 is 13.1. The van der Waals surface area contributed by atoms with Gasteiger partial charge in [0.15, 0.2) is 4.80 Å². The molecule has 0 saturated carbocycles. The number of aryl methyl sites for hydroxylation is 1. The van der Waals surface area contributed by atoms with Gasteiger partial charge in [-0.15, -0.1) is 11.3 Å². The molecule has 2 aromatic carbocycles. The van der Waals surface area contributed by atoms with Gasteiger partial charge in [0.1, 0.15) is 5.75 Å². The fraction of sp³-hybridized carbons (Fsp3) is 0.348. The largest absolute Gasteiger partial charge is 0.497 e. The fourth-order valence-electron chi connectivity index (χ4n) is 3.42. The lowest BCUT2D eigenvalue weighted by molar-refractivity contribution is 0.0363. The van der Waals surface area contributed by atoms with Crippen molar-refractivity contribution in [2.75, 3.05) is 40.0 Å². The van der Waals surface area contributed by atoms with E-state index in [1.54, 1.807) is 18.4 Å². The zero-order valence-corrected chi connectivity index (χ0v) is 17.8. The first-order valence-corrected chi connectivity index (χ1v) is 10.8. The maximum absolute atomic E-state index is 5.49. The SMILES string of the molecule is COc1ccc(-c2csc(=Nc3ccc(C)cc3)n2CCN2CCOCC2)cc1. The van der Waals surface area contributed by atoms with E-state index in [2.05, 4.69) is 58.2 Å². The van der Waals surface area contributed by atoms with Crippen LogP contribution >= 0.6 is 11.3 Å². The van der Waals surface area contributed by atoms with Crippen LogP contribution in [0.25, 0.3) is 11.3 Å². The van der Waals surface area contributed by atoms with Crippen LogP contribution in [-0.2, 0) is 11.3 Å². The van der Waals surface area contributed by atoms with Crippen LogP contribution in [0, 0.1) is 6.92 Å². The second-order valence-corrected chi connectivity index (χ2v) is 8.02. The maximum atomic E-state index is 5.49. The molecule has 0 aliphatic carbocycles. The third-order valence-electron chi connectivity index (χ3n) is 5.19. The molecule has 1 aromatic heterocycles. The molecule has 1 aliphatic heterocycles. The van der Waals surface area contributed by atoms with Crippen molar-refractivity contribution in [1.29, 1.82) is 0 Å². The number of morpholine rings is 1. The molecule has 4 rings (SSSR count). The molecule has 0 bridgehead atoms. The molecule has 5 nitrogen and oxygen atoms in total. The van der Waals surface area contributed by atoms with E-state index in [4.69, 9.17) is 14.5 Å². The van der Waals surface area contributed by atoms with E-state index in [9.17, 15) is 0 Å². The third kappa shape index (κ3) is 4.96. The topological polar surface area (TPSA) is 39.0 Å². The first-order chi connectivity index (χ1) is 14.2. The second kappa shape index (κ2) is 9.39. The van der Waals surface area contributed by atoms with Crippen LogP contribution in [0.3, 0.4) is 0 Å². The van der Waals surface area contributed by atoms with E-state index >= 15 is 0 Å². The van der Waals surface area contributed by atoms with Crippen molar-refractivity contribution in [2.45, 2.75) is 13.5 Å². The van der Waals surface area contributed by atoms with Gasteiger partial charge in [0.05, 0.1) is 31.7 Å². The number of thiazole rings is 1. The number of methoxy groups -OCH3 is 1. The van der Waals surface area contributed by atoms with E-state index in [0.717, 1.165) is 55.6 Å². The zero-order chi connectivity index (χ0) is 20.1. The molecular formula is C23H27N3O2S. The molecule has 0 N–H and O–H groups in total. The Labute approximate surface area is 175 Å². The quantitative estimate of drug-likeness (QED) is 0.615. The Hall–Kier alpha value is -2.41. The summed E-state index contributed by atoms with van der Waals surface area (Å²) in [5.41, 5.74) is 4.60. The predicted octanol–water partition coefficient (Wildman–Crippen LogP) is 4.10. The van der Waals surface area contributed by atoms with Gasteiger partial charge in [-0.2, -0.15) is 0 Å². The summed E-state index contributed by atoms with van der Waals surface area (Å²) in [6, 6.07) is 16.6. The Morgan fingerprint density at radius 3 is 2.41 bits per heavy atom. The lowest BCUT2D eigenvalue weighted by Gasteiger charge is -2.26. The van der Waals surface area contributed by atoms with Crippen LogP contribution in [-0.4, -0.2) is 49.4 Å². The molecule has 6 heteroatoms. The normalized spacial score (nSPS) is 15.6. The molecule has 0 radical (unpaired) electrons. The molecular weight excluding hydrogens is 382 g/mol. The summed E-state index contributed by atoms with van der Waals surface area (Å²) in [7, 11) is 1.70. The van der Waals surface area contributed by atoms with Crippen molar-refractivity contribution >= 4 is 17.0 Å². The van der Waals surface area contributed by atoms with Crippen molar-refractivity contribution in [3.05, 3.63) is 64.3 Å². The standard InChI is InChI=1S/C23H27N3O2S/c1-18-3-7-20(8-4-18)24-23-26(12-11-25-13-15-28-16-14-25)22(17-29-23)19-5-9-21(27-2)10-6-19/h3-10,17H,11-16H2,1-2H3. The second-order valence-electron chi connectivity index (χ2n) is 7.19. The number of nitrogens with zero attached hydrogens (tertiary/aromatic N) is 3. The molecule has 1 saturated heterocycles. The maximum Gasteiger partial charge on any atom is 0.190 e. The minimum atomic E-state index is 0.820. The zero-order valence-electron chi connectivity index (χ0n) is 17.0. The number of ether oxygens (including phenoxy) is 2. The molecule has 0 amide bonds. The Bertz CT molecular complexity index is 984. The Morgan fingerprint density at radius 1 is 1.00 bits per heavy atom. The fourth-order valence-corrected chi connectivity index (χ4v) is 4.38. The summed E-state index contributed by atoms with van der Waals surface area (Å²) in [4.78, 5) is 8.42. The number of hydrogen-bond donors (Lipinski definition) is 0.